The maximum Gasteiger partial charge on any atom is 0.421 e. The van der Waals surface area contributed by atoms with Gasteiger partial charge in [0, 0.05) is 19.4 Å². The number of rotatable bonds is 3. The topological polar surface area (TPSA) is 67.7 Å². The van der Waals surface area contributed by atoms with Gasteiger partial charge in [0.2, 0.25) is 5.95 Å². The van der Waals surface area contributed by atoms with Gasteiger partial charge in [-0.25, -0.2) is 4.98 Å². The fourth-order valence-corrected chi connectivity index (χ4v) is 1.89. The summed E-state index contributed by atoms with van der Waals surface area (Å²) in [4.78, 5) is 7.62. The molecule has 0 saturated heterocycles. The summed E-state index contributed by atoms with van der Waals surface area (Å²) in [5, 5.41) is 9.73. The lowest BCUT2D eigenvalue weighted by Crippen LogP contribution is -2.22. The zero-order valence-electron chi connectivity index (χ0n) is 13.6. The molecule has 0 fully saturated rings. The molecule has 2 aromatic rings. The minimum absolute atomic E-state index is 0.0684. The highest BCUT2D eigenvalue weighted by Gasteiger charge is 2.35. The van der Waals surface area contributed by atoms with Gasteiger partial charge in [-0.05, 0) is 27.7 Å². The molecule has 126 valence electrons. The highest BCUT2D eigenvalue weighted by Crippen LogP contribution is 2.34. The Labute approximate surface area is 132 Å². The van der Waals surface area contributed by atoms with E-state index in [9.17, 15) is 13.2 Å². The van der Waals surface area contributed by atoms with E-state index in [-0.39, 0.29) is 17.3 Å². The molecule has 0 aliphatic rings. The Kier molecular flexibility index (Phi) is 4.23. The first-order chi connectivity index (χ1) is 10.5. The number of anilines is 3. The molecule has 6 nitrogen and oxygen atoms in total. The lowest BCUT2D eigenvalue weighted by molar-refractivity contribution is -0.137. The zero-order valence-corrected chi connectivity index (χ0v) is 13.6. The molecule has 0 unspecified atom stereocenters. The van der Waals surface area contributed by atoms with E-state index in [1.807, 2.05) is 20.8 Å². The lowest BCUT2D eigenvalue weighted by Gasteiger charge is -2.18. The predicted octanol–water partition coefficient (Wildman–Crippen LogP) is 3.54. The number of hydrogen-bond donors (Lipinski definition) is 2. The van der Waals surface area contributed by atoms with Gasteiger partial charge >= 0.3 is 6.18 Å². The van der Waals surface area contributed by atoms with Crippen LogP contribution < -0.4 is 10.6 Å². The summed E-state index contributed by atoms with van der Waals surface area (Å²) in [6, 6.07) is 0. The molecule has 0 aliphatic heterocycles. The van der Waals surface area contributed by atoms with Crippen molar-refractivity contribution in [1.29, 1.82) is 0 Å². The SMILES string of the molecule is CNc1nc(Nc2cn(C(C)(C)C)nc2C)ncc1C(F)(F)F. The quantitative estimate of drug-likeness (QED) is 0.902. The van der Waals surface area contributed by atoms with Crippen molar-refractivity contribution in [3.05, 3.63) is 23.7 Å². The van der Waals surface area contributed by atoms with Crippen LogP contribution >= 0.6 is 0 Å². The molecule has 0 radical (unpaired) electrons. The van der Waals surface area contributed by atoms with Crippen molar-refractivity contribution in [1.82, 2.24) is 19.7 Å². The maximum atomic E-state index is 12.8. The van der Waals surface area contributed by atoms with Gasteiger partial charge in [0.15, 0.2) is 0 Å². The lowest BCUT2D eigenvalue weighted by atomic mass is 10.1. The second-order valence-corrected chi connectivity index (χ2v) is 6.07. The molecule has 23 heavy (non-hydrogen) atoms. The van der Waals surface area contributed by atoms with Crippen molar-refractivity contribution < 1.29 is 13.2 Å². The number of aryl methyl sites for hydroxylation is 1. The molecule has 0 bridgehead atoms. The third-order valence-electron chi connectivity index (χ3n) is 3.16. The van der Waals surface area contributed by atoms with Crippen molar-refractivity contribution in [3.8, 4) is 0 Å². The number of hydrogen-bond acceptors (Lipinski definition) is 5. The van der Waals surface area contributed by atoms with Crippen LogP contribution in [0.3, 0.4) is 0 Å². The maximum absolute atomic E-state index is 12.8. The van der Waals surface area contributed by atoms with E-state index < -0.39 is 11.7 Å². The van der Waals surface area contributed by atoms with Crippen LogP contribution in [0.5, 0.6) is 0 Å². The van der Waals surface area contributed by atoms with Crippen molar-refractivity contribution in [2.45, 2.75) is 39.4 Å². The predicted molar refractivity (Wildman–Crippen MR) is 81.8 cm³/mol. The fraction of sp³-hybridized carbons (Fsp3) is 0.500. The Bertz CT molecular complexity index is 700. The molecule has 2 N–H and O–H groups in total. The van der Waals surface area contributed by atoms with Crippen LogP contribution in [0.2, 0.25) is 0 Å². The highest BCUT2D eigenvalue weighted by molar-refractivity contribution is 5.57. The average molecular weight is 328 g/mol. The van der Waals surface area contributed by atoms with Crippen LogP contribution in [0.4, 0.5) is 30.6 Å². The molecular formula is C14H19F3N6. The summed E-state index contributed by atoms with van der Waals surface area (Å²) in [5.41, 5.74) is 0.228. The molecule has 0 amide bonds. The molecule has 2 heterocycles. The number of nitrogens with zero attached hydrogens (tertiary/aromatic N) is 4. The summed E-state index contributed by atoms with van der Waals surface area (Å²) >= 11 is 0. The standard InChI is InChI=1S/C14H19F3N6/c1-8-10(7-23(22-8)13(2,3)4)20-12-19-6-9(14(15,16)17)11(18-5)21-12/h6-7H,1-5H3,(H2,18,19,20,21). The number of halogens is 3. The Balaban J connectivity index is 2.33. The summed E-state index contributed by atoms with van der Waals surface area (Å²) < 4.78 is 40.3. The number of alkyl halides is 3. The van der Waals surface area contributed by atoms with Crippen LogP contribution in [0.15, 0.2) is 12.4 Å². The van der Waals surface area contributed by atoms with Gasteiger partial charge in [-0.3, -0.25) is 4.68 Å². The summed E-state index contributed by atoms with van der Waals surface area (Å²) in [5.74, 6) is -0.213. The van der Waals surface area contributed by atoms with Gasteiger partial charge in [0.25, 0.3) is 0 Å². The van der Waals surface area contributed by atoms with Crippen molar-refractivity contribution >= 4 is 17.5 Å². The van der Waals surface area contributed by atoms with E-state index in [0.717, 1.165) is 6.20 Å². The minimum Gasteiger partial charge on any atom is -0.372 e. The van der Waals surface area contributed by atoms with E-state index in [0.29, 0.717) is 11.4 Å². The second-order valence-electron chi connectivity index (χ2n) is 6.07. The third-order valence-corrected chi connectivity index (χ3v) is 3.16. The molecule has 0 atom stereocenters. The monoisotopic (exact) mass is 328 g/mol. The number of aromatic nitrogens is 4. The Morgan fingerprint density at radius 2 is 1.83 bits per heavy atom. The summed E-state index contributed by atoms with van der Waals surface area (Å²) in [6.45, 7) is 7.79. The zero-order chi connectivity index (χ0) is 17.4. The Morgan fingerprint density at radius 1 is 1.17 bits per heavy atom. The first kappa shape index (κ1) is 17.0. The first-order valence-electron chi connectivity index (χ1n) is 6.98. The van der Waals surface area contributed by atoms with Crippen molar-refractivity contribution in [3.63, 3.8) is 0 Å². The Hall–Kier alpha value is -2.32. The van der Waals surface area contributed by atoms with E-state index >= 15 is 0 Å². The molecule has 0 aliphatic carbocycles. The van der Waals surface area contributed by atoms with Gasteiger partial charge in [-0.2, -0.15) is 23.3 Å². The second kappa shape index (κ2) is 5.71. The van der Waals surface area contributed by atoms with E-state index in [4.69, 9.17) is 0 Å². The highest BCUT2D eigenvalue weighted by atomic mass is 19.4. The molecule has 0 aromatic carbocycles. The van der Waals surface area contributed by atoms with Gasteiger partial charge in [0.1, 0.15) is 11.4 Å². The normalized spacial score (nSPS) is 12.3. The Morgan fingerprint density at radius 3 is 2.30 bits per heavy atom. The fourth-order valence-electron chi connectivity index (χ4n) is 1.89. The van der Waals surface area contributed by atoms with Crippen LogP contribution in [0.25, 0.3) is 0 Å². The van der Waals surface area contributed by atoms with Gasteiger partial charge in [-0.1, -0.05) is 0 Å². The minimum atomic E-state index is -4.51. The molecule has 0 spiro atoms. The van der Waals surface area contributed by atoms with Crippen molar-refractivity contribution in [2.24, 2.45) is 0 Å². The van der Waals surface area contributed by atoms with Crippen LogP contribution in [0, 0.1) is 6.92 Å². The van der Waals surface area contributed by atoms with Gasteiger partial charge < -0.3 is 10.6 Å². The van der Waals surface area contributed by atoms with Crippen LogP contribution in [-0.4, -0.2) is 26.8 Å². The third kappa shape index (κ3) is 3.72. The molecule has 0 saturated carbocycles. The van der Waals surface area contributed by atoms with Gasteiger partial charge in [0.05, 0.1) is 16.9 Å². The first-order valence-corrected chi connectivity index (χ1v) is 6.98. The molecular weight excluding hydrogens is 309 g/mol. The van der Waals surface area contributed by atoms with E-state index in [1.54, 1.807) is 17.8 Å². The smallest absolute Gasteiger partial charge is 0.372 e. The molecule has 2 rings (SSSR count). The van der Waals surface area contributed by atoms with E-state index in [1.165, 1.54) is 7.05 Å². The van der Waals surface area contributed by atoms with E-state index in [2.05, 4.69) is 25.7 Å². The number of nitrogens with one attached hydrogen (secondary N) is 2. The van der Waals surface area contributed by atoms with Crippen LogP contribution in [-0.2, 0) is 11.7 Å². The van der Waals surface area contributed by atoms with Crippen molar-refractivity contribution in [2.75, 3.05) is 17.7 Å². The molecule has 9 heteroatoms. The summed E-state index contributed by atoms with van der Waals surface area (Å²) in [7, 11) is 1.38. The van der Waals surface area contributed by atoms with Gasteiger partial charge in [-0.15, -0.1) is 0 Å². The molecule has 2 aromatic heterocycles. The summed E-state index contributed by atoms with van der Waals surface area (Å²) in [6.07, 6.45) is -1.98. The largest absolute Gasteiger partial charge is 0.421 e. The van der Waals surface area contributed by atoms with Crippen LogP contribution in [0.1, 0.15) is 32.0 Å². The average Bonchev–Trinajstić information content (AvgIpc) is 2.79.